The number of aromatic nitrogens is 2. The average Bonchev–Trinajstić information content (AvgIpc) is 2.50. The van der Waals surface area contributed by atoms with Crippen molar-refractivity contribution < 1.29 is 9.53 Å². The van der Waals surface area contributed by atoms with E-state index in [1.807, 2.05) is 19.1 Å². The third-order valence-electron chi connectivity index (χ3n) is 3.05. The topological polar surface area (TPSA) is 60.7 Å². The van der Waals surface area contributed by atoms with Gasteiger partial charge in [0.15, 0.2) is 6.29 Å². The number of nitrogens with zero attached hydrogens (tertiary/aromatic N) is 2. The smallest absolute Gasteiger partial charge is 0.272 e. The van der Waals surface area contributed by atoms with E-state index in [-0.39, 0.29) is 11.4 Å². The lowest BCUT2D eigenvalue weighted by molar-refractivity contribution is 0.111. The molecule has 2 aromatic heterocycles. The Balaban J connectivity index is 2.21. The zero-order valence-corrected chi connectivity index (χ0v) is 11.3. The number of aldehydes is 1. The first kappa shape index (κ1) is 13.1. The van der Waals surface area contributed by atoms with E-state index in [4.69, 9.17) is 4.74 Å². The summed E-state index contributed by atoms with van der Waals surface area (Å²) in [4.78, 5) is 27.8. The van der Waals surface area contributed by atoms with E-state index in [0.717, 1.165) is 5.56 Å². The number of aryl methyl sites for hydroxylation is 1. The zero-order chi connectivity index (χ0) is 14.8. The van der Waals surface area contributed by atoms with Crippen LogP contribution in [0.25, 0.3) is 5.65 Å². The Morgan fingerprint density at radius 1 is 1.14 bits per heavy atom. The summed E-state index contributed by atoms with van der Waals surface area (Å²) in [6.07, 6.45) is 2.12. The first-order valence-electron chi connectivity index (χ1n) is 6.40. The van der Waals surface area contributed by atoms with Gasteiger partial charge in [-0.3, -0.25) is 14.0 Å². The number of carbonyl (C=O) groups is 1. The van der Waals surface area contributed by atoms with Crippen LogP contribution in [-0.2, 0) is 0 Å². The molecule has 0 fully saturated rings. The highest BCUT2D eigenvalue weighted by Gasteiger charge is 2.14. The number of carbonyl (C=O) groups excluding carboxylic acids is 1. The van der Waals surface area contributed by atoms with Crippen molar-refractivity contribution in [1.82, 2.24) is 9.38 Å². The minimum atomic E-state index is -0.440. The van der Waals surface area contributed by atoms with Crippen molar-refractivity contribution in [3.05, 3.63) is 70.1 Å². The maximum Gasteiger partial charge on any atom is 0.272 e. The highest BCUT2D eigenvalue weighted by Crippen LogP contribution is 2.20. The van der Waals surface area contributed by atoms with E-state index in [2.05, 4.69) is 4.98 Å². The highest BCUT2D eigenvalue weighted by molar-refractivity contribution is 5.78. The predicted molar refractivity (Wildman–Crippen MR) is 78.1 cm³/mol. The number of hydrogen-bond donors (Lipinski definition) is 0. The van der Waals surface area contributed by atoms with Gasteiger partial charge >= 0.3 is 0 Å². The largest absolute Gasteiger partial charge is 0.438 e. The van der Waals surface area contributed by atoms with E-state index in [1.54, 1.807) is 36.5 Å². The molecule has 0 aliphatic rings. The molecule has 0 amide bonds. The van der Waals surface area contributed by atoms with Crippen molar-refractivity contribution in [1.29, 1.82) is 0 Å². The van der Waals surface area contributed by atoms with Crippen LogP contribution in [0.1, 0.15) is 15.9 Å². The molecule has 0 aliphatic heterocycles. The monoisotopic (exact) mass is 280 g/mol. The summed E-state index contributed by atoms with van der Waals surface area (Å²) >= 11 is 0. The Morgan fingerprint density at radius 2 is 1.90 bits per heavy atom. The van der Waals surface area contributed by atoms with E-state index in [9.17, 15) is 9.59 Å². The van der Waals surface area contributed by atoms with Crippen LogP contribution < -0.4 is 10.3 Å². The molecule has 0 N–H and O–H groups in total. The lowest BCUT2D eigenvalue weighted by Crippen LogP contribution is -2.20. The summed E-state index contributed by atoms with van der Waals surface area (Å²) in [6, 6.07) is 12.5. The van der Waals surface area contributed by atoms with Crippen LogP contribution in [0.2, 0.25) is 0 Å². The Kier molecular flexibility index (Phi) is 3.23. The second-order valence-corrected chi connectivity index (χ2v) is 4.60. The van der Waals surface area contributed by atoms with Crippen LogP contribution in [0.15, 0.2) is 53.5 Å². The van der Waals surface area contributed by atoms with Gasteiger partial charge in [0.25, 0.3) is 5.56 Å². The molecular formula is C16H12N2O3. The molecule has 0 saturated carbocycles. The normalized spacial score (nSPS) is 10.5. The fourth-order valence-corrected chi connectivity index (χ4v) is 2.02. The molecule has 0 bridgehead atoms. The quantitative estimate of drug-likeness (QED) is 0.692. The maximum absolute atomic E-state index is 12.3. The number of hydrogen-bond acceptors (Lipinski definition) is 4. The fourth-order valence-electron chi connectivity index (χ4n) is 2.02. The van der Waals surface area contributed by atoms with Crippen molar-refractivity contribution in [3.8, 4) is 11.6 Å². The Morgan fingerprint density at radius 3 is 2.62 bits per heavy atom. The molecule has 3 aromatic rings. The predicted octanol–water partition coefficient (Wildman–Crippen LogP) is 2.61. The summed E-state index contributed by atoms with van der Waals surface area (Å²) in [5.41, 5.74) is 0.800. The van der Waals surface area contributed by atoms with E-state index in [0.29, 0.717) is 17.7 Å². The molecule has 0 unspecified atom stereocenters. The minimum Gasteiger partial charge on any atom is -0.438 e. The number of pyridine rings is 1. The van der Waals surface area contributed by atoms with Crippen molar-refractivity contribution in [2.24, 2.45) is 0 Å². The fraction of sp³-hybridized carbons (Fsp3) is 0.0625. The highest BCUT2D eigenvalue weighted by atomic mass is 16.5. The molecule has 3 rings (SSSR count). The average molecular weight is 280 g/mol. The summed E-state index contributed by atoms with van der Waals surface area (Å²) in [7, 11) is 0. The van der Waals surface area contributed by atoms with E-state index >= 15 is 0 Å². The summed E-state index contributed by atoms with van der Waals surface area (Å²) in [6.45, 7) is 1.86. The van der Waals surface area contributed by atoms with E-state index in [1.165, 1.54) is 4.40 Å². The molecular weight excluding hydrogens is 268 g/mol. The molecule has 0 spiro atoms. The molecule has 1 aromatic carbocycles. The van der Waals surface area contributed by atoms with Crippen molar-refractivity contribution in [2.75, 3.05) is 0 Å². The van der Waals surface area contributed by atoms with Crippen LogP contribution in [0.3, 0.4) is 0 Å². The summed E-state index contributed by atoms with van der Waals surface area (Å²) < 4.78 is 6.91. The van der Waals surface area contributed by atoms with Crippen molar-refractivity contribution >= 4 is 11.9 Å². The molecule has 0 atom stereocenters. The second-order valence-electron chi connectivity index (χ2n) is 4.60. The van der Waals surface area contributed by atoms with Gasteiger partial charge in [0.05, 0.1) is 0 Å². The molecule has 104 valence electrons. The molecule has 0 saturated heterocycles. The minimum absolute atomic E-state index is 0.0186. The number of benzene rings is 1. The molecule has 0 radical (unpaired) electrons. The molecule has 0 aliphatic carbocycles. The van der Waals surface area contributed by atoms with Gasteiger partial charge in [0.2, 0.25) is 5.88 Å². The second kappa shape index (κ2) is 5.20. The first-order chi connectivity index (χ1) is 10.2. The van der Waals surface area contributed by atoms with Gasteiger partial charge in [-0.1, -0.05) is 24.3 Å². The number of fused-ring (bicyclic) bond motifs is 1. The third kappa shape index (κ3) is 2.41. The Bertz CT molecular complexity index is 870. The zero-order valence-electron chi connectivity index (χ0n) is 11.3. The molecule has 21 heavy (non-hydrogen) atoms. The first-order valence-corrected chi connectivity index (χ1v) is 6.40. The number of ether oxygens (including phenoxy) is 1. The molecule has 2 heterocycles. The van der Waals surface area contributed by atoms with Crippen LogP contribution in [0.4, 0.5) is 0 Å². The van der Waals surface area contributed by atoms with Crippen LogP contribution in [0, 0.1) is 6.92 Å². The lowest BCUT2D eigenvalue weighted by atomic mass is 10.3. The number of para-hydroxylation sites is 1. The standard InChI is InChI=1S/C16H12N2O3/c1-11-7-8-14-17-15(21-12-5-3-2-4-6-12)13(10-19)16(20)18(14)9-11/h2-10H,1H3. The van der Waals surface area contributed by atoms with Crippen molar-refractivity contribution in [3.63, 3.8) is 0 Å². The Hall–Kier alpha value is -2.95. The van der Waals surface area contributed by atoms with Gasteiger partial charge in [-0.05, 0) is 30.7 Å². The van der Waals surface area contributed by atoms with Gasteiger partial charge < -0.3 is 4.74 Å². The van der Waals surface area contributed by atoms with Crippen LogP contribution >= 0.6 is 0 Å². The molecule has 5 nitrogen and oxygen atoms in total. The van der Waals surface area contributed by atoms with Gasteiger partial charge in [-0.15, -0.1) is 0 Å². The molecule has 5 heteroatoms. The van der Waals surface area contributed by atoms with Crippen LogP contribution in [-0.4, -0.2) is 15.7 Å². The third-order valence-corrected chi connectivity index (χ3v) is 3.05. The summed E-state index contributed by atoms with van der Waals surface area (Å²) in [5, 5.41) is 0. The van der Waals surface area contributed by atoms with Crippen molar-refractivity contribution in [2.45, 2.75) is 6.92 Å². The van der Waals surface area contributed by atoms with Gasteiger partial charge in [0.1, 0.15) is 17.0 Å². The van der Waals surface area contributed by atoms with Gasteiger partial charge in [0, 0.05) is 6.20 Å². The van der Waals surface area contributed by atoms with Crippen LogP contribution in [0.5, 0.6) is 11.6 Å². The van der Waals surface area contributed by atoms with E-state index < -0.39 is 5.56 Å². The SMILES string of the molecule is Cc1ccc2nc(Oc3ccccc3)c(C=O)c(=O)n2c1. The van der Waals surface area contributed by atoms with Gasteiger partial charge in [-0.25, -0.2) is 0 Å². The summed E-state index contributed by atoms with van der Waals surface area (Å²) in [5.74, 6) is 0.536. The van der Waals surface area contributed by atoms with Gasteiger partial charge in [-0.2, -0.15) is 4.98 Å². The number of rotatable bonds is 3. The maximum atomic E-state index is 12.3. The Labute approximate surface area is 120 Å². The lowest BCUT2D eigenvalue weighted by Gasteiger charge is -2.09.